The van der Waals surface area contributed by atoms with Crippen molar-refractivity contribution < 1.29 is 25.9 Å². The first-order chi connectivity index (χ1) is 18.0. The molecule has 0 atom stereocenters. The fourth-order valence-electron chi connectivity index (χ4n) is 3.58. The molecule has 0 aliphatic carbocycles. The predicted octanol–water partition coefficient (Wildman–Crippen LogP) is 3.57. The second-order valence-electron chi connectivity index (χ2n) is 7.81. The van der Waals surface area contributed by atoms with Gasteiger partial charge < -0.3 is 16.4 Å². The van der Waals surface area contributed by atoms with Gasteiger partial charge in [-0.05, 0) is 35.9 Å². The Morgan fingerprint density at radius 3 is 2.11 bits per heavy atom. The molecule has 0 unspecified atom stereocenters. The highest BCUT2D eigenvalue weighted by atomic mass is 32.2. The van der Waals surface area contributed by atoms with Gasteiger partial charge in [-0.1, -0.05) is 48.6 Å². The molecule has 0 aliphatic rings. The zero-order chi connectivity index (χ0) is 27.5. The Labute approximate surface area is 218 Å². The van der Waals surface area contributed by atoms with Crippen LogP contribution in [0.25, 0.3) is 23.5 Å². The molecule has 38 heavy (non-hydrogen) atoms. The molecule has 12 nitrogen and oxygen atoms in total. The summed E-state index contributed by atoms with van der Waals surface area (Å²) in [5.41, 5.74) is 6.54. The average molecular weight is 555 g/mol. The number of nitrogen functional groups attached to an aromatic ring is 1. The van der Waals surface area contributed by atoms with Crippen molar-refractivity contribution in [3.8, 4) is 11.4 Å². The van der Waals surface area contributed by atoms with Crippen LogP contribution >= 0.6 is 0 Å². The lowest BCUT2D eigenvalue weighted by molar-refractivity contribution is 0.481. The fourth-order valence-corrected chi connectivity index (χ4v) is 5.17. The third kappa shape index (κ3) is 5.95. The molecular weight excluding hydrogens is 532 g/mol. The van der Waals surface area contributed by atoms with Crippen LogP contribution in [0.2, 0.25) is 0 Å². The number of para-hydroxylation sites is 1. The van der Waals surface area contributed by atoms with Crippen LogP contribution in [-0.4, -0.2) is 47.9 Å². The van der Waals surface area contributed by atoms with Crippen molar-refractivity contribution in [2.75, 3.05) is 23.4 Å². The number of hydrogen-bond acceptors (Lipinski definition) is 10. The van der Waals surface area contributed by atoms with Crippen molar-refractivity contribution in [3.05, 3.63) is 77.9 Å². The number of benzene rings is 3. The van der Waals surface area contributed by atoms with E-state index in [1.807, 2.05) is 6.07 Å². The van der Waals surface area contributed by atoms with Crippen LogP contribution < -0.4 is 16.4 Å². The lowest BCUT2D eigenvalue weighted by Crippen LogP contribution is -2.10. The number of anilines is 4. The predicted molar refractivity (Wildman–Crippen MR) is 144 cm³/mol. The third-order valence-electron chi connectivity index (χ3n) is 5.24. The van der Waals surface area contributed by atoms with Gasteiger partial charge in [0.05, 0.1) is 0 Å². The zero-order valence-corrected chi connectivity index (χ0v) is 21.4. The Kier molecular flexibility index (Phi) is 7.41. The number of hydrogen-bond donors (Lipinski definition) is 5. The van der Waals surface area contributed by atoms with Crippen LogP contribution in [-0.2, 0) is 20.2 Å². The summed E-state index contributed by atoms with van der Waals surface area (Å²) >= 11 is 0. The van der Waals surface area contributed by atoms with E-state index in [1.165, 1.54) is 48.6 Å². The van der Waals surface area contributed by atoms with Gasteiger partial charge in [0.1, 0.15) is 9.79 Å². The van der Waals surface area contributed by atoms with Gasteiger partial charge in [-0.25, -0.2) is 0 Å². The van der Waals surface area contributed by atoms with Gasteiger partial charge in [0.25, 0.3) is 20.2 Å². The molecule has 0 aliphatic heterocycles. The Bertz CT molecular complexity index is 1740. The highest BCUT2D eigenvalue weighted by molar-refractivity contribution is 7.86. The Balaban J connectivity index is 1.90. The van der Waals surface area contributed by atoms with Crippen LogP contribution in [0.15, 0.2) is 76.5 Å². The van der Waals surface area contributed by atoms with E-state index in [1.54, 1.807) is 31.3 Å². The number of rotatable bonds is 8. The quantitative estimate of drug-likeness (QED) is 0.121. The maximum atomic E-state index is 12.6. The van der Waals surface area contributed by atoms with Crippen molar-refractivity contribution in [2.45, 2.75) is 9.79 Å². The van der Waals surface area contributed by atoms with Crippen LogP contribution in [0.3, 0.4) is 0 Å². The minimum atomic E-state index is -4.91. The van der Waals surface area contributed by atoms with E-state index < -0.39 is 30.0 Å². The molecule has 0 spiro atoms. The van der Waals surface area contributed by atoms with Crippen LogP contribution in [0.5, 0.6) is 0 Å². The Morgan fingerprint density at radius 1 is 0.789 bits per heavy atom. The molecule has 0 fully saturated rings. The normalized spacial score (nSPS) is 12.0. The average Bonchev–Trinajstić information content (AvgIpc) is 2.87. The number of aromatic nitrogens is 3. The van der Waals surface area contributed by atoms with Crippen LogP contribution in [0, 0.1) is 0 Å². The smallest absolute Gasteiger partial charge is 0.295 e. The summed E-state index contributed by atoms with van der Waals surface area (Å²) in [6.45, 7) is 0. The maximum absolute atomic E-state index is 12.6. The summed E-state index contributed by atoms with van der Waals surface area (Å²) in [6.07, 6.45) is 2.47. The highest BCUT2D eigenvalue weighted by Crippen LogP contribution is 2.34. The van der Waals surface area contributed by atoms with Crippen LogP contribution in [0.1, 0.15) is 11.1 Å². The second-order valence-corrected chi connectivity index (χ2v) is 10.6. The first-order valence-electron chi connectivity index (χ1n) is 10.9. The molecular formula is C24H22N6O6S2. The molecule has 14 heteroatoms. The van der Waals surface area contributed by atoms with Gasteiger partial charge in [0.15, 0.2) is 5.82 Å². The largest absolute Gasteiger partial charge is 0.398 e. The van der Waals surface area contributed by atoms with Gasteiger partial charge in [0, 0.05) is 29.5 Å². The summed E-state index contributed by atoms with van der Waals surface area (Å²) in [5.74, 6) is 0.122. The van der Waals surface area contributed by atoms with Crippen molar-refractivity contribution in [2.24, 2.45) is 0 Å². The van der Waals surface area contributed by atoms with Crippen molar-refractivity contribution in [1.29, 1.82) is 0 Å². The Hall–Kier alpha value is -4.37. The van der Waals surface area contributed by atoms with Crippen molar-refractivity contribution in [1.82, 2.24) is 15.0 Å². The monoisotopic (exact) mass is 554 g/mol. The van der Waals surface area contributed by atoms with Gasteiger partial charge in [0.2, 0.25) is 11.9 Å². The Morgan fingerprint density at radius 2 is 1.45 bits per heavy atom. The fraction of sp³-hybridized carbons (Fsp3) is 0.0417. The maximum Gasteiger partial charge on any atom is 0.295 e. The molecule has 1 heterocycles. The SMILES string of the molecule is CNc1nc(Nc2ccccc2)nc(-c2ccc(N)c(C=Cc3ccccc3S(=O)(=O)O)c2S(=O)(=O)O)n1. The van der Waals surface area contributed by atoms with E-state index in [2.05, 4.69) is 25.6 Å². The van der Waals surface area contributed by atoms with E-state index in [-0.39, 0.29) is 40.1 Å². The zero-order valence-electron chi connectivity index (χ0n) is 19.8. The molecule has 1 aromatic heterocycles. The summed E-state index contributed by atoms with van der Waals surface area (Å²) in [7, 11) is -7.91. The summed E-state index contributed by atoms with van der Waals surface area (Å²) < 4.78 is 68.4. The minimum absolute atomic E-state index is 0.0347. The topological polar surface area (TPSA) is 197 Å². The number of nitrogens with one attached hydrogen (secondary N) is 2. The van der Waals surface area contributed by atoms with E-state index in [9.17, 15) is 25.9 Å². The summed E-state index contributed by atoms with van der Waals surface area (Å²) in [4.78, 5) is 11.8. The highest BCUT2D eigenvalue weighted by Gasteiger charge is 2.25. The van der Waals surface area contributed by atoms with Gasteiger partial charge >= 0.3 is 0 Å². The molecule has 4 rings (SSSR count). The molecule has 3 aromatic carbocycles. The first-order valence-corrected chi connectivity index (χ1v) is 13.8. The van der Waals surface area contributed by atoms with Crippen molar-refractivity contribution in [3.63, 3.8) is 0 Å². The standard InChI is InChI=1S/C24H22N6O6S2/c1-26-23-28-22(29-24(30-23)27-16-8-3-2-4-9-16)18-13-14-19(25)17(21(18)38(34,35)36)12-11-15-7-5-6-10-20(15)37(31,32)33/h2-14H,25H2,1H3,(H,31,32,33)(H,34,35,36)(H2,26,27,28,29,30). The summed E-state index contributed by atoms with van der Waals surface area (Å²) in [6, 6.07) is 17.3. The lowest BCUT2D eigenvalue weighted by atomic mass is 10.1. The minimum Gasteiger partial charge on any atom is -0.398 e. The number of nitrogens with two attached hydrogens (primary N) is 1. The molecule has 6 N–H and O–H groups in total. The van der Waals surface area contributed by atoms with E-state index in [4.69, 9.17) is 5.73 Å². The van der Waals surface area contributed by atoms with E-state index >= 15 is 0 Å². The van der Waals surface area contributed by atoms with E-state index in [0.717, 1.165) is 0 Å². The first kappa shape index (κ1) is 26.7. The van der Waals surface area contributed by atoms with E-state index in [0.29, 0.717) is 5.69 Å². The molecule has 196 valence electrons. The summed E-state index contributed by atoms with van der Waals surface area (Å²) in [5, 5.41) is 5.79. The molecule has 0 amide bonds. The molecule has 0 saturated carbocycles. The van der Waals surface area contributed by atoms with Crippen molar-refractivity contribution >= 4 is 55.7 Å². The second kappa shape index (κ2) is 10.5. The van der Waals surface area contributed by atoms with Crippen LogP contribution in [0.4, 0.5) is 23.3 Å². The van der Waals surface area contributed by atoms with Gasteiger partial charge in [-0.15, -0.1) is 0 Å². The molecule has 0 saturated heterocycles. The molecule has 0 radical (unpaired) electrons. The number of nitrogens with zero attached hydrogens (tertiary/aromatic N) is 3. The molecule has 0 bridgehead atoms. The van der Waals surface area contributed by atoms with Gasteiger partial charge in [-0.2, -0.15) is 31.8 Å². The lowest BCUT2D eigenvalue weighted by Gasteiger charge is -2.14. The third-order valence-corrected chi connectivity index (χ3v) is 7.13. The van der Waals surface area contributed by atoms with Gasteiger partial charge in [-0.3, -0.25) is 9.11 Å². The molecule has 4 aromatic rings.